The molecule has 3 rings (SSSR count). The lowest BCUT2D eigenvalue weighted by Crippen LogP contribution is -2.46. The van der Waals surface area contributed by atoms with E-state index in [1.807, 2.05) is 35.7 Å². The maximum atomic E-state index is 12.5. The van der Waals surface area contributed by atoms with Crippen LogP contribution in [0.5, 0.6) is 0 Å². The maximum Gasteiger partial charge on any atom is 0.244 e. The van der Waals surface area contributed by atoms with E-state index in [1.165, 1.54) is 0 Å². The lowest BCUT2D eigenvalue weighted by molar-refractivity contribution is -0.140. The van der Waals surface area contributed by atoms with E-state index in [2.05, 4.69) is 4.98 Å². The van der Waals surface area contributed by atoms with Crippen LogP contribution >= 0.6 is 11.3 Å². The van der Waals surface area contributed by atoms with Gasteiger partial charge >= 0.3 is 0 Å². The van der Waals surface area contributed by atoms with Gasteiger partial charge in [-0.15, -0.1) is 11.3 Å². The number of thiazole rings is 1. The summed E-state index contributed by atoms with van der Waals surface area (Å²) >= 11 is 1.54. The number of amides is 1. The molecule has 1 aliphatic heterocycles. The third-order valence-electron chi connectivity index (χ3n) is 3.53. The Morgan fingerprint density at radius 2 is 2.24 bits per heavy atom. The minimum Gasteiger partial charge on any atom is -0.367 e. The van der Waals surface area contributed by atoms with Gasteiger partial charge in [-0.25, -0.2) is 4.98 Å². The first kappa shape index (κ1) is 14.2. The van der Waals surface area contributed by atoms with Crippen LogP contribution in [0.25, 0.3) is 0 Å². The van der Waals surface area contributed by atoms with Gasteiger partial charge in [0.1, 0.15) is 17.2 Å². The molecule has 110 valence electrons. The molecule has 2 heterocycles. The van der Waals surface area contributed by atoms with Crippen LogP contribution in [0.4, 0.5) is 0 Å². The molecule has 1 aromatic heterocycles. The van der Waals surface area contributed by atoms with Crippen molar-refractivity contribution in [3.63, 3.8) is 0 Å². The first-order chi connectivity index (χ1) is 10.3. The largest absolute Gasteiger partial charge is 0.367 e. The highest BCUT2D eigenvalue weighted by atomic mass is 32.1. The van der Waals surface area contributed by atoms with Gasteiger partial charge in [-0.1, -0.05) is 30.3 Å². The van der Waals surface area contributed by atoms with Crippen molar-refractivity contribution >= 4 is 17.2 Å². The summed E-state index contributed by atoms with van der Waals surface area (Å²) in [5.74, 6) is -0.0638. The molecule has 0 saturated carbocycles. The third kappa shape index (κ3) is 3.12. The molecule has 6 heteroatoms. The number of aromatic nitrogens is 1. The summed E-state index contributed by atoms with van der Waals surface area (Å²) in [4.78, 5) is 18.6. The van der Waals surface area contributed by atoms with Gasteiger partial charge in [0.2, 0.25) is 5.91 Å². The van der Waals surface area contributed by atoms with Crippen LogP contribution in [0.15, 0.2) is 41.9 Å². The topological polar surface area (TPSA) is 68.5 Å². The minimum atomic E-state index is -0.624. The van der Waals surface area contributed by atoms with Crippen LogP contribution in [0.1, 0.15) is 22.7 Å². The Morgan fingerprint density at radius 3 is 2.95 bits per heavy atom. The van der Waals surface area contributed by atoms with Gasteiger partial charge in [0, 0.05) is 18.1 Å². The van der Waals surface area contributed by atoms with Crippen LogP contribution in [0, 0.1) is 0 Å². The Labute approximate surface area is 127 Å². The van der Waals surface area contributed by atoms with E-state index in [9.17, 15) is 4.79 Å². The molecule has 0 aliphatic carbocycles. The molecule has 0 radical (unpaired) electrons. The van der Waals surface area contributed by atoms with Gasteiger partial charge < -0.3 is 15.4 Å². The van der Waals surface area contributed by atoms with Crippen LogP contribution in [0.2, 0.25) is 0 Å². The van der Waals surface area contributed by atoms with Gasteiger partial charge in [-0.3, -0.25) is 4.79 Å². The first-order valence-electron chi connectivity index (χ1n) is 6.86. The Morgan fingerprint density at radius 1 is 1.43 bits per heavy atom. The summed E-state index contributed by atoms with van der Waals surface area (Å²) in [5.41, 5.74) is 6.92. The smallest absolute Gasteiger partial charge is 0.244 e. The number of benzene rings is 1. The fourth-order valence-electron chi connectivity index (χ4n) is 2.39. The highest BCUT2D eigenvalue weighted by Crippen LogP contribution is 2.25. The average Bonchev–Trinajstić information content (AvgIpc) is 3.09. The van der Waals surface area contributed by atoms with Crippen LogP contribution in [0.3, 0.4) is 0 Å². The second kappa shape index (κ2) is 6.34. The normalized spacial score (nSPS) is 20.2. The molecule has 1 amide bonds. The number of carbonyl (C=O) groups is 1. The molecule has 2 aromatic rings. The Hall–Kier alpha value is -1.76. The van der Waals surface area contributed by atoms with Gasteiger partial charge in [-0.2, -0.15) is 0 Å². The highest BCUT2D eigenvalue weighted by Gasteiger charge is 2.30. The molecule has 5 nitrogen and oxygen atoms in total. The van der Waals surface area contributed by atoms with E-state index in [1.54, 1.807) is 22.4 Å². The lowest BCUT2D eigenvalue weighted by Gasteiger charge is -2.33. The van der Waals surface area contributed by atoms with Gasteiger partial charge in [-0.05, 0) is 5.56 Å². The second-order valence-electron chi connectivity index (χ2n) is 4.90. The first-order valence-corrected chi connectivity index (χ1v) is 7.74. The zero-order valence-corrected chi connectivity index (χ0v) is 12.3. The van der Waals surface area contributed by atoms with E-state index in [4.69, 9.17) is 10.5 Å². The second-order valence-corrected chi connectivity index (χ2v) is 5.83. The number of ether oxygens (including phenoxy) is 1. The molecule has 1 aliphatic rings. The lowest BCUT2D eigenvalue weighted by atomic mass is 10.1. The molecule has 2 unspecified atom stereocenters. The van der Waals surface area contributed by atoms with E-state index >= 15 is 0 Å². The monoisotopic (exact) mass is 303 g/mol. The molecule has 1 fully saturated rings. The van der Waals surface area contributed by atoms with Crippen LogP contribution in [-0.2, 0) is 9.53 Å². The van der Waals surface area contributed by atoms with Crippen LogP contribution in [-0.4, -0.2) is 35.5 Å². The SMILES string of the molecule is NC(C(=O)N1CCOC(c2nccs2)C1)c1ccccc1. The molecule has 2 N–H and O–H groups in total. The number of nitrogens with zero attached hydrogens (tertiary/aromatic N) is 2. The zero-order valence-electron chi connectivity index (χ0n) is 11.5. The third-order valence-corrected chi connectivity index (χ3v) is 4.40. The molecule has 1 aromatic carbocycles. The molecule has 1 saturated heterocycles. The molecule has 21 heavy (non-hydrogen) atoms. The minimum absolute atomic E-state index is 0.0638. The van der Waals surface area contributed by atoms with Crippen molar-refractivity contribution in [2.45, 2.75) is 12.1 Å². The van der Waals surface area contributed by atoms with Gasteiger partial charge in [0.15, 0.2) is 0 Å². The van der Waals surface area contributed by atoms with Crippen molar-refractivity contribution < 1.29 is 9.53 Å². The average molecular weight is 303 g/mol. The van der Waals surface area contributed by atoms with E-state index in [0.717, 1.165) is 10.6 Å². The number of nitrogens with two attached hydrogens (primary N) is 1. The van der Waals surface area contributed by atoms with Crippen molar-refractivity contribution in [1.82, 2.24) is 9.88 Å². The fraction of sp³-hybridized carbons (Fsp3) is 0.333. The predicted octanol–water partition coefficient (Wildman–Crippen LogP) is 1.74. The maximum absolute atomic E-state index is 12.5. The van der Waals surface area contributed by atoms with E-state index in [0.29, 0.717) is 19.7 Å². The van der Waals surface area contributed by atoms with Gasteiger partial charge in [0.25, 0.3) is 0 Å². The predicted molar refractivity (Wildman–Crippen MR) is 80.8 cm³/mol. The molecule has 0 spiro atoms. The Bertz CT molecular complexity index is 588. The molecule has 2 atom stereocenters. The van der Waals surface area contributed by atoms with Crippen molar-refractivity contribution in [3.05, 3.63) is 52.5 Å². The summed E-state index contributed by atoms with van der Waals surface area (Å²) in [6.45, 7) is 1.59. The van der Waals surface area contributed by atoms with Crippen molar-refractivity contribution in [3.8, 4) is 0 Å². The summed E-state index contributed by atoms with van der Waals surface area (Å²) in [6, 6.07) is 8.82. The van der Waals surface area contributed by atoms with Crippen molar-refractivity contribution in [2.75, 3.05) is 19.7 Å². The zero-order chi connectivity index (χ0) is 14.7. The summed E-state index contributed by atoms with van der Waals surface area (Å²) < 4.78 is 5.70. The standard InChI is InChI=1S/C15H17N3O2S/c16-13(11-4-2-1-3-5-11)15(19)18-7-8-20-12(10-18)14-17-6-9-21-14/h1-6,9,12-13H,7-8,10,16H2. The summed E-state index contributed by atoms with van der Waals surface area (Å²) in [5, 5.41) is 2.82. The fourth-order valence-corrected chi connectivity index (χ4v) is 3.07. The quantitative estimate of drug-likeness (QED) is 0.938. The highest BCUT2D eigenvalue weighted by molar-refractivity contribution is 7.09. The number of hydrogen-bond acceptors (Lipinski definition) is 5. The van der Waals surface area contributed by atoms with Crippen LogP contribution < -0.4 is 5.73 Å². The van der Waals surface area contributed by atoms with E-state index < -0.39 is 6.04 Å². The van der Waals surface area contributed by atoms with Crippen molar-refractivity contribution in [2.24, 2.45) is 5.73 Å². The molecular weight excluding hydrogens is 286 g/mol. The number of rotatable bonds is 3. The van der Waals surface area contributed by atoms with Gasteiger partial charge in [0.05, 0.1) is 13.2 Å². The Kier molecular flexibility index (Phi) is 4.28. The number of hydrogen-bond donors (Lipinski definition) is 1. The summed E-state index contributed by atoms with van der Waals surface area (Å²) in [7, 11) is 0. The Balaban J connectivity index is 1.70. The van der Waals surface area contributed by atoms with E-state index in [-0.39, 0.29) is 12.0 Å². The van der Waals surface area contributed by atoms with Crippen molar-refractivity contribution in [1.29, 1.82) is 0 Å². The number of carbonyl (C=O) groups excluding carboxylic acids is 1. The number of morpholine rings is 1. The summed E-state index contributed by atoms with van der Waals surface area (Å²) in [6.07, 6.45) is 1.60. The molecule has 0 bridgehead atoms. The molecular formula is C15H17N3O2S.